The SMILES string of the molecule is O=C(c1cc2n(n1)[C@H](C(F)(F)F)C[C@@H](c1ccc(Cl)cc1)N2)N1CCN(C23CC4CC(CC(C4)C2)C3)CC1. The van der Waals surface area contributed by atoms with E-state index in [4.69, 9.17) is 11.6 Å². The van der Waals surface area contributed by atoms with Gasteiger partial charge in [0.1, 0.15) is 5.82 Å². The second kappa shape index (κ2) is 8.88. The third kappa shape index (κ3) is 4.21. The van der Waals surface area contributed by atoms with Crippen molar-refractivity contribution in [3.63, 3.8) is 0 Å². The molecule has 5 fully saturated rings. The van der Waals surface area contributed by atoms with E-state index < -0.39 is 18.3 Å². The van der Waals surface area contributed by atoms with Crippen molar-refractivity contribution in [2.24, 2.45) is 17.8 Å². The number of carbonyl (C=O) groups is 1. The predicted octanol–water partition coefficient (Wildman–Crippen LogP) is 5.92. The Balaban J connectivity index is 1.07. The first-order valence-corrected chi connectivity index (χ1v) is 14.3. The summed E-state index contributed by atoms with van der Waals surface area (Å²) in [4.78, 5) is 17.8. The van der Waals surface area contributed by atoms with Gasteiger partial charge in [-0.25, -0.2) is 4.68 Å². The lowest BCUT2D eigenvalue weighted by molar-refractivity contribution is -0.173. The standard InChI is InChI=1S/C28H33ClF3N5O/c29-21-3-1-20(2-4-21)22-12-24(28(30,31)32)37-25(33-22)13-23(34-37)26(38)35-5-7-36(8-6-35)27-14-17-9-18(15-27)11-19(10-17)16-27/h1-4,13,17-19,22,24,33H,5-12,14-16H2/t17?,18?,19?,22-,24-,27?/m0/s1. The van der Waals surface area contributed by atoms with Crippen LogP contribution < -0.4 is 5.32 Å². The number of nitrogens with zero attached hydrogens (tertiary/aromatic N) is 4. The predicted molar refractivity (Wildman–Crippen MR) is 138 cm³/mol. The second-order valence-electron chi connectivity index (χ2n) is 12.3. The molecule has 6 nitrogen and oxygen atoms in total. The average molecular weight is 548 g/mol. The Hall–Kier alpha value is -2.26. The lowest BCUT2D eigenvalue weighted by Crippen LogP contribution is -2.64. The Morgan fingerprint density at radius 2 is 1.55 bits per heavy atom. The molecule has 4 aliphatic carbocycles. The normalized spacial score (nSPS) is 34.7. The van der Waals surface area contributed by atoms with Crippen molar-refractivity contribution in [1.82, 2.24) is 19.6 Å². The first-order chi connectivity index (χ1) is 18.2. The third-order valence-electron chi connectivity index (χ3n) is 9.92. The van der Waals surface area contributed by atoms with Gasteiger partial charge in [0.25, 0.3) is 5.91 Å². The Bertz CT molecular complexity index is 1180. The quantitative estimate of drug-likeness (QED) is 0.518. The van der Waals surface area contributed by atoms with E-state index in [9.17, 15) is 18.0 Å². The van der Waals surface area contributed by atoms with Crippen molar-refractivity contribution in [1.29, 1.82) is 0 Å². The van der Waals surface area contributed by atoms with Gasteiger partial charge < -0.3 is 10.2 Å². The van der Waals surface area contributed by atoms with Crippen molar-refractivity contribution in [3.05, 3.63) is 46.6 Å². The molecular formula is C28H33ClF3N5O. The van der Waals surface area contributed by atoms with E-state index >= 15 is 0 Å². The summed E-state index contributed by atoms with van der Waals surface area (Å²) in [5.41, 5.74) is 1.09. The van der Waals surface area contributed by atoms with Crippen molar-refractivity contribution >= 4 is 23.3 Å². The molecule has 2 aromatic rings. The fraction of sp³-hybridized carbons (Fsp3) is 0.643. The van der Waals surface area contributed by atoms with Gasteiger partial charge in [-0.3, -0.25) is 9.69 Å². The molecule has 3 heterocycles. The van der Waals surface area contributed by atoms with E-state index in [0.717, 1.165) is 35.5 Å². The summed E-state index contributed by atoms with van der Waals surface area (Å²) in [6.45, 7) is 2.83. The largest absolute Gasteiger partial charge is 0.410 e. The fourth-order valence-electron chi connectivity index (χ4n) is 8.59. The number of hydrogen-bond acceptors (Lipinski definition) is 4. The lowest BCUT2D eigenvalue weighted by Gasteiger charge is -2.61. The van der Waals surface area contributed by atoms with Crippen molar-refractivity contribution in [2.45, 2.75) is 68.7 Å². The molecular weight excluding hydrogens is 515 g/mol. The summed E-state index contributed by atoms with van der Waals surface area (Å²) in [6.07, 6.45) is 3.37. The fourth-order valence-corrected chi connectivity index (χ4v) is 8.72. The summed E-state index contributed by atoms with van der Waals surface area (Å²) in [5.74, 6) is 2.52. The summed E-state index contributed by atoms with van der Waals surface area (Å²) >= 11 is 5.97. The van der Waals surface area contributed by atoms with Crippen molar-refractivity contribution in [2.75, 3.05) is 31.5 Å². The third-order valence-corrected chi connectivity index (χ3v) is 10.2. The molecule has 10 heteroatoms. The number of benzene rings is 1. The number of fused-ring (bicyclic) bond motifs is 1. The van der Waals surface area contributed by atoms with Crippen LogP contribution >= 0.6 is 11.6 Å². The maximum atomic E-state index is 14.1. The van der Waals surface area contributed by atoms with Gasteiger partial charge in [-0.05, 0) is 74.0 Å². The topological polar surface area (TPSA) is 53.4 Å². The molecule has 0 spiro atoms. The van der Waals surface area contributed by atoms with Crippen LogP contribution in [0, 0.1) is 17.8 Å². The van der Waals surface area contributed by atoms with Gasteiger partial charge in [0.2, 0.25) is 0 Å². The van der Waals surface area contributed by atoms with E-state index in [1.165, 1.54) is 44.6 Å². The summed E-state index contributed by atoms with van der Waals surface area (Å²) in [5, 5.41) is 7.90. The highest BCUT2D eigenvalue weighted by atomic mass is 35.5. The van der Waals surface area contributed by atoms with Crippen molar-refractivity contribution < 1.29 is 18.0 Å². The zero-order valence-electron chi connectivity index (χ0n) is 21.3. The van der Waals surface area contributed by atoms with E-state index in [2.05, 4.69) is 15.3 Å². The monoisotopic (exact) mass is 547 g/mol. The molecule has 0 unspecified atom stereocenters. The van der Waals surface area contributed by atoms with E-state index in [1.807, 2.05) is 0 Å². The second-order valence-corrected chi connectivity index (χ2v) is 12.8. The molecule has 1 aromatic carbocycles. The maximum Gasteiger partial charge on any atom is 0.410 e. The van der Waals surface area contributed by atoms with Gasteiger partial charge >= 0.3 is 6.18 Å². The van der Waals surface area contributed by atoms with Crippen LogP contribution in [0.1, 0.15) is 73.1 Å². The Labute approximate surface area is 225 Å². The molecule has 2 aliphatic heterocycles. The molecule has 204 valence electrons. The minimum Gasteiger partial charge on any atom is -0.363 e. The Kier molecular flexibility index (Phi) is 5.78. The van der Waals surface area contributed by atoms with E-state index in [-0.39, 0.29) is 23.8 Å². The number of alkyl halides is 3. The minimum absolute atomic E-state index is 0.0711. The first-order valence-electron chi connectivity index (χ1n) is 13.9. The number of nitrogens with one attached hydrogen (secondary N) is 1. The number of amides is 1. The van der Waals surface area contributed by atoms with Crippen LogP contribution in [0.3, 0.4) is 0 Å². The first kappa shape index (κ1) is 24.8. The minimum atomic E-state index is -4.49. The molecule has 0 radical (unpaired) electrons. The number of piperazine rings is 1. The molecule has 1 aromatic heterocycles. The van der Waals surface area contributed by atoms with Crippen LogP contribution in [-0.2, 0) is 0 Å². The Morgan fingerprint density at radius 3 is 2.13 bits per heavy atom. The number of rotatable bonds is 3. The van der Waals surface area contributed by atoms with Gasteiger partial charge in [-0.2, -0.15) is 18.3 Å². The van der Waals surface area contributed by atoms with Gasteiger partial charge in [0, 0.05) is 49.2 Å². The van der Waals surface area contributed by atoms with Crippen LogP contribution in [0.15, 0.2) is 30.3 Å². The highest BCUT2D eigenvalue weighted by molar-refractivity contribution is 6.30. The lowest BCUT2D eigenvalue weighted by atomic mass is 9.52. The summed E-state index contributed by atoms with van der Waals surface area (Å²) in [7, 11) is 0. The van der Waals surface area contributed by atoms with Gasteiger partial charge in [0.15, 0.2) is 11.7 Å². The Morgan fingerprint density at radius 1 is 0.947 bits per heavy atom. The van der Waals surface area contributed by atoms with Crippen LogP contribution in [0.4, 0.5) is 19.0 Å². The van der Waals surface area contributed by atoms with Crippen LogP contribution in [0.5, 0.6) is 0 Å². The molecule has 38 heavy (non-hydrogen) atoms. The molecule has 4 saturated carbocycles. The molecule has 1 saturated heterocycles. The molecule has 1 N–H and O–H groups in total. The number of carbonyl (C=O) groups excluding carboxylic acids is 1. The van der Waals surface area contributed by atoms with E-state index in [1.54, 1.807) is 29.2 Å². The zero-order valence-corrected chi connectivity index (χ0v) is 22.0. The van der Waals surface area contributed by atoms with Crippen LogP contribution in [-0.4, -0.2) is 63.4 Å². The van der Waals surface area contributed by atoms with Crippen LogP contribution in [0.25, 0.3) is 0 Å². The molecule has 1 amide bonds. The zero-order chi connectivity index (χ0) is 26.2. The average Bonchev–Trinajstić information content (AvgIpc) is 3.31. The molecule has 6 aliphatic rings. The van der Waals surface area contributed by atoms with Gasteiger partial charge in [0.05, 0.1) is 6.04 Å². The molecule has 8 rings (SSSR count). The smallest absolute Gasteiger partial charge is 0.363 e. The number of halogens is 4. The van der Waals surface area contributed by atoms with Crippen LogP contribution in [0.2, 0.25) is 5.02 Å². The molecule has 4 bridgehead atoms. The van der Waals surface area contributed by atoms with E-state index in [0.29, 0.717) is 29.2 Å². The molecule has 2 atom stereocenters. The summed E-state index contributed by atoms with van der Waals surface area (Å²) < 4.78 is 43.2. The number of hydrogen-bond donors (Lipinski definition) is 1. The maximum absolute atomic E-state index is 14.1. The van der Waals surface area contributed by atoms with Crippen molar-refractivity contribution in [3.8, 4) is 0 Å². The van der Waals surface area contributed by atoms with Gasteiger partial charge in [-0.1, -0.05) is 23.7 Å². The van der Waals surface area contributed by atoms with Gasteiger partial charge in [-0.15, -0.1) is 0 Å². The highest BCUT2D eigenvalue weighted by Crippen LogP contribution is 2.58. The number of anilines is 1. The number of aromatic nitrogens is 2. The summed E-state index contributed by atoms with van der Waals surface area (Å²) in [6, 6.07) is 5.91. The highest BCUT2D eigenvalue weighted by Gasteiger charge is 2.54.